The van der Waals surface area contributed by atoms with E-state index in [9.17, 15) is 14.7 Å². The zero-order valence-electron chi connectivity index (χ0n) is 17.7. The number of carbonyl (C=O) groups is 2. The third kappa shape index (κ3) is 4.81. The first-order valence-electron chi connectivity index (χ1n) is 10.5. The van der Waals surface area contributed by atoms with Gasteiger partial charge in [-0.1, -0.05) is 77.9 Å². The number of carbonyl (C=O) groups excluding carboxylic acids is 1. The molecular weight excluding hydrogens is 420 g/mol. The number of nitrogens with zero attached hydrogens (tertiary/aromatic N) is 3. The predicted octanol–water partition coefficient (Wildman–Crippen LogP) is 5.03. The Morgan fingerprint density at radius 1 is 0.970 bits per heavy atom. The Kier molecular flexibility index (Phi) is 6.57. The van der Waals surface area contributed by atoms with Crippen LogP contribution in [0.15, 0.2) is 77.9 Å². The van der Waals surface area contributed by atoms with Crippen LogP contribution in [0.25, 0.3) is 21.6 Å². The maximum absolute atomic E-state index is 12.5. The summed E-state index contributed by atoms with van der Waals surface area (Å²) in [4.78, 5) is 27.1. The Balaban J connectivity index is 1.44. The highest BCUT2D eigenvalue weighted by Crippen LogP contribution is 2.44. The van der Waals surface area contributed by atoms with Gasteiger partial charge < -0.3 is 15.2 Å². The van der Waals surface area contributed by atoms with Crippen LogP contribution >= 0.6 is 0 Å². The minimum Gasteiger partial charge on any atom is -0.480 e. The number of hydrogen-bond acceptors (Lipinski definition) is 4. The van der Waals surface area contributed by atoms with Crippen molar-refractivity contribution in [3.8, 4) is 11.1 Å². The average molecular weight is 442 g/mol. The van der Waals surface area contributed by atoms with Crippen molar-refractivity contribution < 1.29 is 19.4 Å². The summed E-state index contributed by atoms with van der Waals surface area (Å²) in [5.41, 5.74) is 14.3. The van der Waals surface area contributed by atoms with Crippen LogP contribution in [0, 0.1) is 0 Å². The lowest BCUT2D eigenvalue weighted by atomic mass is 9.98. The molecule has 0 aliphatic heterocycles. The van der Waals surface area contributed by atoms with E-state index in [0.29, 0.717) is 11.1 Å². The van der Waals surface area contributed by atoms with Crippen LogP contribution in [0.2, 0.25) is 0 Å². The summed E-state index contributed by atoms with van der Waals surface area (Å²) in [7, 11) is 0. The highest BCUT2D eigenvalue weighted by atomic mass is 16.5. The number of amides is 1. The highest BCUT2D eigenvalue weighted by molar-refractivity contribution is 5.81. The summed E-state index contributed by atoms with van der Waals surface area (Å²) in [6.45, 7) is 0.198. The van der Waals surface area contributed by atoms with Crippen LogP contribution in [0.1, 0.15) is 28.2 Å². The van der Waals surface area contributed by atoms with Gasteiger partial charge in [0.1, 0.15) is 12.6 Å². The number of fused-ring (bicyclic) bond motifs is 3. The molecule has 0 saturated carbocycles. The molecule has 0 spiro atoms. The van der Waals surface area contributed by atoms with Gasteiger partial charge in [0.2, 0.25) is 0 Å². The van der Waals surface area contributed by atoms with E-state index in [1.807, 2.05) is 48.5 Å². The first-order chi connectivity index (χ1) is 16.1. The van der Waals surface area contributed by atoms with Crippen LogP contribution in [-0.4, -0.2) is 29.8 Å². The maximum Gasteiger partial charge on any atom is 0.407 e. The molecule has 0 aromatic heterocycles. The van der Waals surface area contributed by atoms with Gasteiger partial charge >= 0.3 is 12.1 Å². The summed E-state index contributed by atoms with van der Waals surface area (Å²) < 4.78 is 5.47. The molecule has 166 valence electrons. The van der Waals surface area contributed by atoms with Crippen molar-refractivity contribution in [2.75, 3.05) is 6.61 Å². The summed E-state index contributed by atoms with van der Waals surface area (Å²) in [6.07, 6.45) is -0.756. The number of benzene rings is 3. The van der Waals surface area contributed by atoms with E-state index in [1.54, 1.807) is 24.3 Å². The lowest BCUT2D eigenvalue weighted by Crippen LogP contribution is -2.43. The van der Waals surface area contributed by atoms with Crippen LogP contribution in [0.4, 0.5) is 4.79 Å². The molecule has 0 radical (unpaired) electrons. The van der Waals surface area contributed by atoms with E-state index in [2.05, 4.69) is 15.3 Å². The average Bonchev–Trinajstić information content (AvgIpc) is 3.15. The molecule has 33 heavy (non-hydrogen) atoms. The standard InChI is InChI=1S/C25H22N4O4/c26-29-27-14-17-8-2-1-7-16(17)13-23(24(30)31)28-25(32)33-15-22-20-11-5-3-9-18(20)19-10-4-6-12-21(19)22/h1-12,22-23H,13-15H2,(H,28,32)(H,30,31). The lowest BCUT2D eigenvalue weighted by molar-refractivity contribution is -0.139. The van der Waals surface area contributed by atoms with Crippen LogP contribution < -0.4 is 5.32 Å². The van der Waals surface area contributed by atoms with Crippen molar-refractivity contribution in [2.45, 2.75) is 24.9 Å². The van der Waals surface area contributed by atoms with Gasteiger partial charge in [-0.15, -0.1) is 0 Å². The number of nitrogens with one attached hydrogen (secondary N) is 1. The Morgan fingerprint density at radius 2 is 1.55 bits per heavy atom. The Labute approximate surface area is 190 Å². The molecule has 1 amide bonds. The van der Waals surface area contributed by atoms with E-state index in [4.69, 9.17) is 10.3 Å². The van der Waals surface area contributed by atoms with Crippen LogP contribution in [0.5, 0.6) is 0 Å². The SMILES string of the molecule is [N-]=[N+]=NCc1ccccc1CC(NC(=O)OCC1c2ccccc2-c2ccccc21)C(=O)O. The molecule has 1 atom stereocenters. The molecule has 0 bridgehead atoms. The molecule has 3 aromatic rings. The van der Waals surface area contributed by atoms with Crippen molar-refractivity contribution >= 4 is 12.1 Å². The minimum absolute atomic E-state index is 0.0383. The molecule has 8 nitrogen and oxygen atoms in total. The molecule has 1 unspecified atom stereocenters. The maximum atomic E-state index is 12.5. The van der Waals surface area contributed by atoms with Crippen molar-refractivity contribution in [1.29, 1.82) is 0 Å². The van der Waals surface area contributed by atoms with E-state index in [1.165, 1.54) is 0 Å². The predicted molar refractivity (Wildman–Crippen MR) is 123 cm³/mol. The molecule has 0 heterocycles. The molecule has 3 aromatic carbocycles. The van der Waals surface area contributed by atoms with Gasteiger partial charge in [0.15, 0.2) is 0 Å². The van der Waals surface area contributed by atoms with E-state index in [-0.39, 0.29) is 25.5 Å². The molecule has 0 fully saturated rings. The summed E-state index contributed by atoms with van der Waals surface area (Å²) in [5.74, 6) is -1.29. The van der Waals surface area contributed by atoms with E-state index < -0.39 is 18.1 Å². The van der Waals surface area contributed by atoms with Gasteiger partial charge in [0.25, 0.3) is 0 Å². The minimum atomic E-state index is -1.19. The van der Waals surface area contributed by atoms with Gasteiger partial charge in [0, 0.05) is 17.3 Å². The smallest absolute Gasteiger partial charge is 0.407 e. The molecule has 4 rings (SSSR count). The number of ether oxygens (including phenoxy) is 1. The third-order valence-electron chi connectivity index (χ3n) is 5.78. The van der Waals surface area contributed by atoms with Crippen LogP contribution in [-0.2, 0) is 22.5 Å². The van der Waals surface area contributed by atoms with Crippen molar-refractivity contribution in [1.82, 2.24) is 5.32 Å². The van der Waals surface area contributed by atoms with Crippen LogP contribution in [0.3, 0.4) is 0 Å². The second-order valence-corrected chi connectivity index (χ2v) is 7.72. The Hall–Kier alpha value is -4.29. The lowest BCUT2D eigenvalue weighted by Gasteiger charge is -2.18. The molecular formula is C25H22N4O4. The third-order valence-corrected chi connectivity index (χ3v) is 5.78. The molecule has 2 N–H and O–H groups in total. The molecule has 1 aliphatic carbocycles. The van der Waals surface area contributed by atoms with E-state index >= 15 is 0 Å². The number of rotatable bonds is 8. The number of alkyl carbamates (subject to hydrolysis) is 1. The van der Waals surface area contributed by atoms with Gasteiger partial charge in [0.05, 0.1) is 6.54 Å². The Morgan fingerprint density at radius 3 is 2.15 bits per heavy atom. The van der Waals surface area contributed by atoms with Gasteiger partial charge in [-0.25, -0.2) is 9.59 Å². The fourth-order valence-electron chi connectivity index (χ4n) is 4.22. The second-order valence-electron chi connectivity index (χ2n) is 7.72. The Bertz CT molecular complexity index is 1190. The highest BCUT2D eigenvalue weighted by Gasteiger charge is 2.30. The monoisotopic (exact) mass is 442 g/mol. The largest absolute Gasteiger partial charge is 0.480 e. The van der Waals surface area contributed by atoms with Gasteiger partial charge in [-0.05, 0) is 38.9 Å². The first kappa shape index (κ1) is 21.9. The zero-order chi connectivity index (χ0) is 23.2. The quantitative estimate of drug-likeness (QED) is 0.288. The van der Waals surface area contributed by atoms with Crippen molar-refractivity contribution in [2.24, 2.45) is 5.11 Å². The number of azide groups is 1. The van der Waals surface area contributed by atoms with Crippen molar-refractivity contribution in [3.05, 3.63) is 105 Å². The van der Waals surface area contributed by atoms with Gasteiger partial charge in [-0.2, -0.15) is 0 Å². The summed E-state index contributed by atoms with van der Waals surface area (Å²) in [6, 6.07) is 21.8. The normalized spacial score (nSPS) is 12.7. The number of aliphatic carboxylic acids is 1. The van der Waals surface area contributed by atoms with Crippen molar-refractivity contribution in [3.63, 3.8) is 0 Å². The summed E-state index contributed by atoms with van der Waals surface area (Å²) in [5, 5.41) is 15.6. The topological polar surface area (TPSA) is 124 Å². The van der Waals surface area contributed by atoms with Gasteiger partial charge in [-0.3, -0.25) is 0 Å². The zero-order valence-corrected chi connectivity index (χ0v) is 17.7. The molecule has 8 heteroatoms. The molecule has 0 saturated heterocycles. The second kappa shape index (κ2) is 9.89. The molecule has 1 aliphatic rings. The fraction of sp³-hybridized carbons (Fsp3) is 0.200. The fourth-order valence-corrected chi connectivity index (χ4v) is 4.22. The summed E-state index contributed by atoms with van der Waals surface area (Å²) >= 11 is 0. The number of carboxylic acid groups (broad SMARTS) is 1. The number of hydrogen-bond donors (Lipinski definition) is 2. The number of carboxylic acids is 1. The van der Waals surface area contributed by atoms with E-state index in [0.717, 1.165) is 22.3 Å². The first-order valence-corrected chi connectivity index (χ1v) is 10.5.